The van der Waals surface area contributed by atoms with E-state index >= 15 is 0 Å². The predicted molar refractivity (Wildman–Crippen MR) is 74.4 cm³/mol. The fourth-order valence-corrected chi connectivity index (χ4v) is 2.46. The van der Waals surface area contributed by atoms with E-state index in [1.807, 2.05) is 0 Å². The number of benzene rings is 1. The van der Waals surface area contributed by atoms with Gasteiger partial charge in [-0.15, -0.1) is 0 Å². The van der Waals surface area contributed by atoms with Gasteiger partial charge in [-0.05, 0) is 50.4 Å². The average molecular weight is 232 g/mol. The van der Waals surface area contributed by atoms with Crippen LogP contribution in [0.4, 0.5) is 5.69 Å². The number of hydrogen-bond acceptors (Lipinski definition) is 2. The minimum atomic E-state index is 0.919. The van der Waals surface area contributed by atoms with Crippen molar-refractivity contribution >= 4 is 5.69 Å². The first-order valence-corrected chi connectivity index (χ1v) is 6.86. The van der Waals surface area contributed by atoms with E-state index in [9.17, 15) is 0 Å². The first-order chi connectivity index (χ1) is 8.34. The van der Waals surface area contributed by atoms with Crippen molar-refractivity contribution in [1.82, 2.24) is 4.90 Å². The SMILES string of the molecule is CC1CCCN(CCNc2ccccc2)CC1. The normalized spacial score (nSPS) is 22.1. The van der Waals surface area contributed by atoms with Crippen LogP contribution in [0.1, 0.15) is 26.2 Å². The Morgan fingerprint density at radius 1 is 1.18 bits per heavy atom. The highest BCUT2D eigenvalue weighted by molar-refractivity contribution is 5.42. The van der Waals surface area contributed by atoms with Gasteiger partial charge in [-0.1, -0.05) is 25.1 Å². The Hall–Kier alpha value is -1.02. The number of likely N-dealkylation sites (tertiary alicyclic amines) is 1. The monoisotopic (exact) mass is 232 g/mol. The molecular formula is C15H24N2. The summed E-state index contributed by atoms with van der Waals surface area (Å²) in [5.74, 6) is 0.919. The molecule has 0 amide bonds. The lowest BCUT2D eigenvalue weighted by molar-refractivity contribution is 0.292. The van der Waals surface area contributed by atoms with Gasteiger partial charge in [0.15, 0.2) is 0 Å². The molecule has 1 atom stereocenters. The van der Waals surface area contributed by atoms with Crippen molar-refractivity contribution in [1.29, 1.82) is 0 Å². The van der Waals surface area contributed by atoms with Crippen LogP contribution in [-0.4, -0.2) is 31.1 Å². The van der Waals surface area contributed by atoms with Gasteiger partial charge >= 0.3 is 0 Å². The molecule has 1 N–H and O–H groups in total. The van der Waals surface area contributed by atoms with Crippen molar-refractivity contribution in [2.75, 3.05) is 31.5 Å². The van der Waals surface area contributed by atoms with E-state index in [0.29, 0.717) is 0 Å². The van der Waals surface area contributed by atoms with Crippen molar-refractivity contribution < 1.29 is 0 Å². The minimum Gasteiger partial charge on any atom is -0.384 e. The molecule has 1 saturated heterocycles. The van der Waals surface area contributed by atoms with Crippen LogP contribution >= 0.6 is 0 Å². The molecule has 1 aliphatic rings. The molecule has 1 aromatic rings. The molecule has 1 unspecified atom stereocenters. The molecule has 0 aliphatic carbocycles. The van der Waals surface area contributed by atoms with Gasteiger partial charge < -0.3 is 10.2 Å². The van der Waals surface area contributed by atoms with Gasteiger partial charge in [0, 0.05) is 18.8 Å². The van der Waals surface area contributed by atoms with E-state index in [4.69, 9.17) is 0 Å². The lowest BCUT2D eigenvalue weighted by Crippen LogP contribution is -2.30. The van der Waals surface area contributed by atoms with Gasteiger partial charge in [-0.25, -0.2) is 0 Å². The first-order valence-electron chi connectivity index (χ1n) is 6.86. The van der Waals surface area contributed by atoms with Crippen LogP contribution < -0.4 is 5.32 Å². The summed E-state index contributed by atoms with van der Waals surface area (Å²) in [6.45, 7) is 7.16. The highest BCUT2D eigenvalue weighted by Gasteiger charge is 2.12. The Morgan fingerprint density at radius 2 is 2.00 bits per heavy atom. The maximum absolute atomic E-state index is 3.48. The largest absolute Gasteiger partial charge is 0.384 e. The van der Waals surface area contributed by atoms with E-state index in [1.165, 1.54) is 44.6 Å². The molecule has 1 fully saturated rings. The second kappa shape index (κ2) is 6.65. The molecule has 2 nitrogen and oxygen atoms in total. The molecule has 1 aromatic carbocycles. The molecule has 0 bridgehead atoms. The van der Waals surface area contributed by atoms with E-state index in [-0.39, 0.29) is 0 Å². The Kier molecular flexibility index (Phi) is 4.87. The summed E-state index contributed by atoms with van der Waals surface area (Å²) in [7, 11) is 0. The summed E-state index contributed by atoms with van der Waals surface area (Å²) in [6, 6.07) is 10.5. The van der Waals surface area contributed by atoms with Gasteiger partial charge in [0.2, 0.25) is 0 Å². The fourth-order valence-electron chi connectivity index (χ4n) is 2.46. The molecule has 0 spiro atoms. The highest BCUT2D eigenvalue weighted by atomic mass is 15.1. The van der Waals surface area contributed by atoms with Gasteiger partial charge in [0.1, 0.15) is 0 Å². The highest BCUT2D eigenvalue weighted by Crippen LogP contribution is 2.16. The van der Waals surface area contributed by atoms with Gasteiger partial charge in [-0.3, -0.25) is 0 Å². The van der Waals surface area contributed by atoms with Crippen molar-refractivity contribution in [3.05, 3.63) is 30.3 Å². The summed E-state index contributed by atoms with van der Waals surface area (Å²) < 4.78 is 0. The summed E-state index contributed by atoms with van der Waals surface area (Å²) in [6.07, 6.45) is 4.14. The van der Waals surface area contributed by atoms with Crippen LogP contribution in [0.5, 0.6) is 0 Å². The smallest absolute Gasteiger partial charge is 0.0340 e. The van der Waals surface area contributed by atoms with Crippen LogP contribution in [0.3, 0.4) is 0 Å². The maximum atomic E-state index is 3.48. The Labute approximate surface area is 105 Å². The molecule has 0 aromatic heterocycles. The van der Waals surface area contributed by atoms with E-state index < -0.39 is 0 Å². The standard InChI is InChI=1S/C15H24N2/c1-14-6-5-11-17(12-9-14)13-10-16-15-7-3-2-4-8-15/h2-4,7-8,14,16H,5-6,9-13H2,1H3. The van der Waals surface area contributed by atoms with E-state index in [2.05, 4.69) is 47.5 Å². The summed E-state index contributed by atoms with van der Waals surface area (Å²) in [4.78, 5) is 2.60. The zero-order chi connectivity index (χ0) is 11.9. The number of nitrogens with one attached hydrogen (secondary N) is 1. The number of rotatable bonds is 4. The van der Waals surface area contributed by atoms with Crippen molar-refractivity contribution in [3.63, 3.8) is 0 Å². The second-order valence-electron chi connectivity index (χ2n) is 5.17. The lowest BCUT2D eigenvalue weighted by atomic mass is 10.0. The summed E-state index contributed by atoms with van der Waals surface area (Å²) in [5.41, 5.74) is 1.23. The molecule has 2 rings (SSSR count). The predicted octanol–water partition coefficient (Wildman–Crippen LogP) is 3.22. The van der Waals surface area contributed by atoms with Gasteiger partial charge in [0.05, 0.1) is 0 Å². The third-order valence-electron chi connectivity index (χ3n) is 3.64. The zero-order valence-electron chi connectivity index (χ0n) is 10.9. The molecule has 94 valence electrons. The third kappa shape index (κ3) is 4.39. The molecule has 1 heterocycles. The van der Waals surface area contributed by atoms with Crippen molar-refractivity contribution in [3.8, 4) is 0 Å². The fraction of sp³-hybridized carbons (Fsp3) is 0.600. The Bertz CT molecular complexity index is 310. The van der Waals surface area contributed by atoms with Crippen LogP contribution in [-0.2, 0) is 0 Å². The van der Waals surface area contributed by atoms with Gasteiger partial charge in [-0.2, -0.15) is 0 Å². The Balaban J connectivity index is 1.68. The molecular weight excluding hydrogens is 208 g/mol. The number of nitrogens with zero attached hydrogens (tertiary/aromatic N) is 1. The molecule has 1 aliphatic heterocycles. The molecule has 2 heteroatoms. The van der Waals surface area contributed by atoms with Gasteiger partial charge in [0.25, 0.3) is 0 Å². The lowest BCUT2D eigenvalue weighted by Gasteiger charge is -2.20. The Morgan fingerprint density at radius 3 is 2.82 bits per heavy atom. The molecule has 17 heavy (non-hydrogen) atoms. The number of hydrogen-bond donors (Lipinski definition) is 1. The second-order valence-corrected chi connectivity index (χ2v) is 5.17. The van der Waals surface area contributed by atoms with Crippen LogP contribution in [0.25, 0.3) is 0 Å². The number of anilines is 1. The maximum Gasteiger partial charge on any atom is 0.0340 e. The van der Waals surface area contributed by atoms with Crippen molar-refractivity contribution in [2.24, 2.45) is 5.92 Å². The summed E-state index contributed by atoms with van der Waals surface area (Å²) in [5, 5.41) is 3.48. The zero-order valence-corrected chi connectivity index (χ0v) is 10.9. The van der Waals surface area contributed by atoms with Crippen LogP contribution in [0.15, 0.2) is 30.3 Å². The quantitative estimate of drug-likeness (QED) is 0.857. The number of para-hydroxylation sites is 1. The van der Waals surface area contributed by atoms with Crippen molar-refractivity contribution in [2.45, 2.75) is 26.2 Å². The molecule has 0 radical (unpaired) electrons. The average Bonchev–Trinajstić information content (AvgIpc) is 2.56. The van der Waals surface area contributed by atoms with E-state index in [1.54, 1.807) is 0 Å². The third-order valence-corrected chi connectivity index (χ3v) is 3.64. The van der Waals surface area contributed by atoms with Crippen LogP contribution in [0.2, 0.25) is 0 Å². The summed E-state index contributed by atoms with van der Waals surface area (Å²) >= 11 is 0. The first kappa shape index (κ1) is 12.4. The minimum absolute atomic E-state index is 0.919. The van der Waals surface area contributed by atoms with Crippen LogP contribution in [0, 0.1) is 5.92 Å². The topological polar surface area (TPSA) is 15.3 Å². The molecule has 0 saturated carbocycles. The van der Waals surface area contributed by atoms with E-state index in [0.717, 1.165) is 12.5 Å².